The van der Waals surface area contributed by atoms with E-state index in [0.29, 0.717) is 6.04 Å². The van der Waals surface area contributed by atoms with Gasteiger partial charge in [0.2, 0.25) is 0 Å². The molecular weight excluding hydrogens is 438 g/mol. The van der Waals surface area contributed by atoms with Crippen LogP contribution in [-0.4, -0.2) is 67.2 Å². The van der Waals surface area contributed by atoms with Crippen molar-refractivity contribution in [1.82, 2.24) is 35.0 Å². The zero-order valence-electron chi connectivity index (χ0n) is 21.6. The van der Waals surface area contributed by atoms with Crippen LogP contribution in [0.4, 0.5) is 0 Å². The highest BCUT2D eigenvalue weighted by molar-refractivity contribution is 5.79. The van der Waals surface area contributed by atoms with Crippen molar-refractivity contribution in [3.63, 3.8) is 0 Å². The van der Waals surface area contributed by atoms with E-state index < -0.39 is 0 Å². The minimum Gasteiger partial charge on any atom is -0.322 e. The number of aromatic amines is 1. The highest BCUT2D eigenvalue weighted by Gasteiger charge is 2.36. The summed E-state index contributed by atoms with van der Waals surface area (Å²) < 4.78 is 1.93. The van der Waals surface area contributed by atoms with Crippen molar-refractivity contribution in [2.45, 2.75) is 83.8 Å². The number of pyridine rings is 1. The molecule has 8 nitrogen and oxygen atoms in total. The second-order valence-corrected chi connectivity index (χ2v) is 11.0. The summed E-state index contributed by atoms with van der Waals surface area (Å²) in [6.45, 7) is 12.3. The van der Waals surface area contributed by atoms with E-state index in [1.807, 2.05) is 23.7 Å². The largest absolute Gasteiger partial charge is 0.322 e. The van der Waals surface area contributed by atoms with Crippen molar-refractivity contribution in [2.24, 2.45) is 0 Å². The van der Waals surface area contributed by atoms with E-state index in [1.54, 1.807) is 0 Å². The number of hydrogen-bond acceptors (Lipinski definition) is 6. The first kappa shape index (κ1) is 24.1. The normalized spacial score (nSPS) is 19.9. The Hall–Kier alpha value is -2.58. The highest BCUT2D eigenvalue weighted by Crippen LogP contribution is 2.32. The molecule has 0 spiro atoms. The third-order valence-electron chi connectivity index (χ3n) is 8.31. The van der Waals surface area contributed by atoms with Gasteiger partial charge in [0.25, 0.3) is 5.56 Å². The van der Waals surface area contributed by atoms with Crippen LogP contribution < -0.4 is 5.56 Å². The molecule has 1 aromatic carbocycles. The van der Waals surface area contributed by atoms with Gasteiger partial charge in [-0.2, -0.15) is 0 Å². The minimum absolute atomic E-state index is 0.0633. The third kappa shape index (κ3) is 4.78. The van der Waals surface area contributed by atoms with Crippen LogP contribution in [0.25, 0.3) is 10.9 Å². The van der Waals surface area contributed by atoms with Gasteiger partial charge < -0.3 is 4.98 Å². The van der Waals surface area contributed by atoms with Gasteiger partial charge in [-0.3, -0.25) is 14.6 Å². The molecule has 1 atom stereocenters. The molecule has 35 heavy (non-hydrogen) atoms. The first-order valence-electron chi connectivity index (χ1n) is 13.3. The number of H-pyrrole nitrogens is 1. The third-order valence-corrected chi connectivity index (χ3v) is 8.31. The fourth-order valence-electron chi connectivity index (χ4n) is 5.79. The summed E-state index contributed by atoms with van der Waals surface area (Å²) in [5, 5.41) is 14.0. The maximum Gasteiger partial charge on any atom is 0.253 e. The van der Waals surface area contributed by atoms with Crippen LogP contribution in [-0.2, 0) is 5.54 Å². The number of piperazine rings is 1. The number of hydrogen-bond donors (Lipinski definition) is 1. The average Bonchev–Trinajstić information content (AvgIpc) is 3.36. The van der Waals surface area contributed by atoms with Crippen LogP contribution in [0.3, 0.4) is 0 Å². The van der Waals surface area contributed by atoms with E-state index >= 15 is 0 Å². The molecule has 3 aromatic rings. The first-order valence-corrected chi connectivity index (χ1v) is 13.3. The Balaban J connectivity index is 1.53. The number of rotatable bonds is 6. The first-order chi connectivity index (χ1) is 16.9. The summed E-state index contributed by atoms with van der Waals surface area (Å²) in [6, 6.07) is 8.67. The monoisotopic (exact) mass is 477 g/mol. The smallest absolute Gasteiger partial charge is 0.253 e. The van der Waals surface area contributed by atoms with Gasteiger partial charge in [-0.25, -0.2) is 4.68 Å². The van der Waals surface area contributed by atoms with Crippen LogP contribution in [0.5, 0.6) is 0 Å². The van der Waals surface area contributed by atoms with Gasteiger partial charge in [0.05, 0.1) is 5.54 Å². The van der Waals surface area contributed by atoms with E-state index in [9.17, 15) is 4.79 Å². The number of nitrogens with one attached hydrogen (secondary N) is 1. The minimum atomic E-state index is -0.293. The standard InChI is InChI=1S/C27H39N7O/c1-5-27(3,4)34-25(29-30-31-34)24(22-18-20-12-11-19(2)17-23(20)28-26(22)35)33-15-13-32(14-16-33)21-9-7-6-8-10-21/h11-12,17-18,21,24H,5-10,13-16H2,1-4H3,(H,28,35)/t24-/m0/s1. The summed E-state index contributed by atoms with van der Waals surface area (Å²) in [5.74, 6) is 0.750. The van der Waals surface area contributed by atoms with Gasteiger partial charge >= 0.3 is 0 Å². The van der Waals surface area contributed by atoms with Gasteiger partial charge in [-0.05, 0) is 73.5 Å². The number of benzene rings is 1. The number of aromatic nitrogens is 5. The van der Waals surface area contributed by atoms with E-state index in [0.717, 1.165) is 60.5 Å². The Kier molecular flexibility index (Phi) is 6.77. The molecular formula is C27H39N7O. The molecule has 0 radical (unpaired) electrons. The van der Waals surface area contributed by atoms with Crippen LogP contribution in [0.15, 0.2) is 29.1 Å². The Bertz CT molecular complexity index is 1220. The average molecular weight is 478 g/mol. The topological polar surface area (TPSA) is 82.9 Å². The number of nitrogens with zero attached hydrogens (tertiary/aromatic N) is 6. The van der Waals surface area contributed by atoms with Crippen LogP contribution in [0.1, 0.15) is 82.3 Å². The summed E-state index contributed by atoms with van der Waals surface area (Å²) in [6.07, 6.45) is 7.59. The Morgan fingerprint density at radius 1 is 1.09 bits per heavy atom. The summed E-state index contributed by atoms with van der Waals surface area (Å²) in [4.78, 5) is 21.7. The zero-order chi connectivity index (χ0) is 24.6. The molecule has 1 saturated carbocycles. The van der Waals surface area contributed by atoms with E-state index in [2.05, 4.69) is 63.2 Å². The molecule has 2 aliphatic rings. The van der Waals surface area contributed by atoms with Crippen LogP contribution in [0, 0.1) is 6.92 Å². The van der Waals surface area contributed by atoms with Crippen LogP contribution in [0.2, 0.25) is 0 Å². The fourth-order valence-corrected chi connectivity index (χ4v) is 5.79. The molecule has 8 heteroatoms. The van der Waals surface area contributed by atoms with Crippen molar-refractivity contribution in [2.75, 3.05) is 26.2 Å². The molecule has 5 rings (SSSR count). The van der Waals surface area contributed by atoms with E-state index in [1.165, 1.54) is 32.1 Å². The molecule has 0 amide bonds. The number of aryl methyl sites for hydroxylation is 1. The van der Waals surface area contributed by atoms with E-state index in [4.69, 9.17) is 0 Å². The molecule has 0 bridgehead atoms. The lowest BCUT2D eigenvalue weighted by molar-refractivity contribution is 0.0603. The van der Waals surface area contributed by atoms with Crippen molar-refractivity contribution >= 4 is 10.9 Å². The van der Waals surface area contributed by atoms with Crippen molar-refractivity contribution in [3.05, 3.63) is 51.6 Å². The van der Waals surface area contributed by atoms with Crippen LogP contribution >= 0.6 is 0 Å². The SMILES string of the molecule is CCC(C)(C)n1nnnc1[C@H](c1cc2ccc(C)cc2[nH]c1=O)N1CCN(C2CCCCC2)CC1. The maximum absolute atomic E-state index is 13.5. The molecule has 0 unspecified atom stereocenters. The predicted octanol–water partition coefficient (Wildman–Crippen LogP) is 4.01. The lowest BCUT2D eigenvalue weighted by Crippen LogP contribution is -2.52. The summed E-state index contributed by atoms with van der Waals surface area (Å²) >= 11 is 0. The quantitative estimate of drug-likeness (QED) is 0.578. The Labute approximate surface area is 207 Å². The lowest BCUT2D eigenvalue weighted by atomic mass is 9.93. The van der Waals surface area contributed by atoms with Crippen molar-refractivity contribution in [3.8, 4) is 0 Å². The van der Waals surface area contributed by atoms with Gasteiger partial charge in [0.15, 0.2) is 5.82 Å². The fraction of sp³-hybridized carbons (Fsp3) is 0.630. The maximum atomic E-state index is 13.5. The number of tetrazole rings is 1. The highest BCUT2D eigenvalue weighted by atomic mass is 16.1. The molecule has 2 fully saturated rings. The molecule has 1 saturated heterocycles. The second-order valence-electron chi connectivity index (χ2n) is 11.0. The summed E-state index contributed by atoms with van der Waals surface area (Å²) in [5.41, 5.74) is 2.40. The molecule has 1 aliphatic carbocycles. The second kappa shape index (κ2) is 9.82. The lowest BCUT2D eigenvalue weighted by Gasteiger charge is -2.43. The zero-order valence-corrected chi connectivity index (χ0v) is 21.6. The number of fused-ring (bicyclic) bond motifs is 1. The molecule has 2 aromatic heterocycles. The molecule has 1 N–H and O–H groups in total. The summed E-state index contributed by atoms with van der Waals surface area (Å²) in [7, 11) is 0. The Morgan fingerprint density at radius 2 is 1.83 bits per heavy atom. The van der Waals surface area contributed by atoms with Gasteiger partial charge in [-0.1, -0.05) is 38.3 Å². The van der Waals surface area contributed by atoms with Crippen molar-refractivity contribution in [1.29, 1.82) is 0 Å². The molecule has 1 aliphatic heterocycles. The van der Waals surface area contributed by atoms with Crippen molar-refractivity contribution < 1.29 is 0 Å². The van der Waals surface area contributed by atoms with Gasteiger partial charge in [0, 0.05) is 43.3 Å². The Morgan fingerprint density at radius 3 is 2.54 bits per heavy atom. The molecule has 188 valence electrons. The van der Waals surface area contributed by atoms with Gasteiger partial charge in [-0.15, -0.1) is 5.10 Å². The molecule has 3 heterocycles. The predicted molar refractivity (Wildman–Crippen MR) is 139 cm³/mol. The van der Waals surface area contributed by atoms with E-state index in [-0.39, 0.29) is 17.1 Å². The van der Waals surface area contributed by atoms with Gasteiger partial charge in [0.1, 0.15) is 6.04 Å².